The predicted molar refractivity (Wildman–Crippen MR) is 95.6 cm³/mol. The number of hydrogen-bond donors (Lipinski definition) is 3. The van der Waals surface area contributed by atoms with Gasteiger partial charge >= 0.3 is 6.03 Å². The van der Waals surface area contributed by atoms with E-state index in [0.717, 1.165) is 5.76 Å². The summed E-state index contributed by atoms with van der Waals surface area (Å²) in [5.74, 6) is 2.17. The molecule has 0 bridgehead atoms. The highest BCUT2D eigenvalue weighted by Gasteiger charge is 2.14. The number of carbonyl (C=O) groups is 1. The van der Waals surface area contributed by atoms with Crippen LogP contribution in [-0.4, -0.2) is 23.8 Å². The lowest BCUT2D eigenvalue weighted by Crippen LogP contribution is -2.39. The van der Waals surface area contributed by atoms with E-state index >= 15 is 0 Å². The second-order valence-corrected chi connectivity index (χ2v) is 6.28. The second kappa shape index (κ2) is 8.58. The number of hydrogen-bond acceptors (Lipinski definition) is 4. The third-order valence-corrected chi connectivity index (χ3v) is 3.61. The van der Waals surface area contributed by atoms with Gasteiger partial charge in [0.2, 0.25) is 0 Å². The van der Waals surface area contributed by atoms with Crippen LogP contribution in [0.4, 0.5) is 4.79 Å². The number of ether oxygens (including phenoxy) is 1. The quantitative estimate of drug-likeness (QED) is 0.717. The van der Waals surface area contributed by atoms with Crippen LogP contribution in [-0.2, 0) is 0 Å². The van der Waals surface area contributed by atoms with Gasteiger partial charge in [-0.1, -0.05) is 12.1 Å². The van der Waals surface area contributed by atoms with E-state index in [1.807, 2.05) is 52.0 Å². The summed E-state index contributed by atoms with van der Waals surface area (Å²) in [5, 5.41) is 15.7. The smallest absolute Gasteiger partial charge is 0.315 e. The van der Waals surface area contributed by atoms with Crippen LogP contribution in [0.15, 0.2) is 40.8 Å². The van der Waals surface area contributed by atoms with Gasteiger partial charge in [0.1, 0.15) is 17.3 Å². The van der Waals surface area contributed by atoms with Crippen molar-refractivity contribution in [2.45, 2.75) is 45.9 Å². The van der Waals surface area contributed by atoms with Crippen molar-refractivity contribution in [3.05, 3.63) is 53.5 Å². The van der Waals surface area contributed by atoms with Crippen molar-refractivity contribution >= 4 is 6.03 Å². The topological polar surface area (TPSA) is 83.7 Å². The summed E-state index contributed by atoms with van der Waals surface area (Å²) in [6.07, 6.45) is -0.759. The molecule has 2 aromatic rings. The number of amides is 2. The van der Waals surface area contributed by atoms with Gasteiger partial charge in [-0.3, -0.25) is 0 Å². The van der Waals surface area contributed by atoms with E-state index < -0.39 is 6.10 Å². The van der Waals surface area contributed by atoms with E-state index in [1.54, 1.807) is 12.1 Å². The number of aliphatic hydroxyl groups is 1. The molecule has 1 aromatic heterocycles. The Morgan fingerprint density at radius 1 is 1.24 bits per heavy atom. The maximum Gasteiger partial charge on any atom is 0.315 e. The minimum atomic E-state index is -0.817. The van der Waals surface area contributed by atoms with E-state index in [9.17, 15) is 9.90 Å². The van der Waals surface area contributed by atoms with Crippen molar-refractivity contribution in [1.29, 1.82) is 0 Å². The molecule has 2 amide bonds. The average Bonchev–Trinajstić information content (AvgIpc) is 2.99. The Kier molecular flexibility index (Phi) is 6.47. The molecule has 0 spiro atoms. The monoisotopic (exact) mass is 346 g/mol. The first-order valence-corrected chi connectivity index (χ1v) is 8.40. The van der Waals surface area contributed by atoms with Gasteiger partial charge in [-0.25, -0.2) is 4.79 Å². The SMILES string of the molecule is Cc1ccc(C(C)NC(=O)NCC(O)c2cccc(OC(C)C)c2)o1. The Hall–Kier alpha value is -2.47. The van der Waals surface area contributed by atoms with Crippen LogP contribution in [0.3, 0.4) is 0 Å². The molecule has 3 N–H and O–H groups in total. The molecule has 136 valence electrons. The minimum Gasteiger partial charge on any atom is -0.491 e. The number of rotatable bonds is 7. The van der Waals surface area contributed by atoms with Crippen molar-refractivity contribution in [2.24, 2.45) is 0 Å². The Morgan fingerprint density at radius 3 is 2.64 bits per heavy atom. The van der Waals surface area contributed by atoms with Gasteiger partial charge in [0.05, 0.1) is 18.2 Å². The summed E-state index contributed by atoms with van der Waals surface area (Å²) in [6, 6.07) is 10.3. The highest BCUT2D eigenvalue weighted by molar-refractivity contribution is 5.74. The number of nitrogens with one attached hydrogen (secondary N) is 2. The summed E-state index contributed by atoms with van der Waals surface area (Å²) in [6.45, 7) is 7.67. The molecule has 0 saturated heterocycles. The minimum absolute atomic E-state index is 0.0584. The second-order valence-electron chi connectivity index (χ2n) is 6.28. The van der Waals surface area contributed by atoms with Crippen molar-refractivity contribution in [3.8, 4) is 5.75 Å². The first kappa shape index (κ1) is 18.9. The summed E-state index contributed by atoms with van der Waals surface area (Å²) in [7, 11) is 0. The maximum absolute atomic E-state index is 12.0. The van der Waals surface area contributed by atoms with Crippen LogP contribution in [0.2, 0.25) is 0 Å². The molecule has 1 heterocycles. The summed E-state index contributed by atoms with van der Waals surface area (Å²) in [4.78, 5) is 12.0. The first-order chi connectivity index (χ1) is 11.8. The van der Waals surface area contributed by atoms with Crippen LogP contribution in [0.1, 0.15) is 50.0 Å². The van der Waals surface area contributed by atoms with E-state index in [2.05, 4.69) is 10.6 Å². The molecular formula is C19H26N2O4. The third-order valence-electron chi connectivity index (χ3n) is 3.61. The van der Waals surface area contributed by atoms with Gasteiger partial charge in [-0.05, 0) is 57.5 Å². The van der Waals surface area contributed by atoms with Gasteiger partial charge in [0.15, 0.2) is 0 Å². The highest BCUT2D eigenvalue weighted by Crippen LogP contribution is 2.20. The molecule has 0 aliphatic heterocycles. The first-order valence-electron chi connectivity index (χ1n) is 8.40. The van der Waals surface area contributed by atoms with E-state index in [0.29, 0.717) is 17.1 Å². The number of furan rings is 1. The number of urea groups is 1. The molecule has 1 aromatic carbocycles. The van der Waals surface area contributed by atoms with Crippen molar-refractivity contribution in [2.75, 3.05) is 6.54 Å². The Morgan fingerprint density at radius 2 is 2.00 bits per heavy atom. The van der Waals surface area contributed by atoms with Gasteiger partial charge < -0.3 is 24.9 Å². The Bertz CT molecular complexity index is 696. The number of aryl methyl sites for hydroxylation is 1. The van der Waals surface area contributed by atoms with Gasteiger partial charge in [-0.2, -0.15) is 0 Å². The van der Waals surface area contributed by atoms with E-state index in [4.69, 9.17) is 9.15 Å². The lowest BCUT2D eigenvalue weighted by molar-refractivity contribution is 0.171. The zero-order valence-corrected chi connectivity index (χ0v) is 15.1. The van der Waals surface area contributed by atoms with Gasteiger partial charge in [0.25, 0.3) is 0 Å². The largest absolute Gasteiger partial charge is 0.491 e. The van der Waals surface area contributed by atoms with Crippen molar-refractivity contribution in [3.63, 3.8) is 0 Å². The van der Waals surface area contributed by atoms with Crippen LogP contribution < -0.4 is 15.4 Å². The number of benzene rings is 1. The zero-order valence-electron chi connectivity index (χ0n) is 15.1. The zero-order chi connectivity index (χ0) is 18.4. The summed E-state index contributed by atoms with van der Waals surface area (Å²) >= 11 is 0. The van der Waals surface area contributed by atoms with Crippen LogP contribution in [0.25, 0.3) is 0 Å². The Balaban J connectivity index is 1.84. The standard InChI is InChI=1S/C19H26N2O4/c1-12(2)24-16-7-5-6-15(10-16)17(22)11-20-19(23)21-14(4)18-9-8-13(3)25-18/h5-10,12,14,17,22H,11H2,1-4H3,(H2,20,21,23). The van der Waals surface area contributed by atoms with Crippen LogP contribution in [0, 0.1) is 6.92 Å². The van der Waals surface area contributed by atoms with Crippen LogP contribution >= 0.6 is 0 Å². The van der Waals surface area contributed by atoms with Crippen molar-refractivity contribution < 1.29 is 19.1 Å². The van der Waals surface area contributed by atoms with E-state index in [1.165, 1.54) is 0 Å². The molecule has 2 atom stereocenters. The van der Waals surface area contributed by atoms with Gasteiger partial charge in [0, 0.05) is 6.54 Å². The molecule has 0 aliphatic rings. The molecule has 0 saturated carbocycles. The van der Waals surface area contributed by atoms with Crippen molar-refractivity contribution in [1.82, 2.24) is 10.6 Å². The fourth-order valence-electron chi connectivity index (χ4n) is 2.38. The fraction of sp³-hybridized carbons (Fsp3) is 0.421. The number of carbonyl (C=O) groups excluding carboxylic acids is 1. The number of aliphatic hydroxyl groups excluding tert-OH is 1. The fourth-order valence-corrected chi connectivity index (χ4v) is 2.38. The normalized spacial score (nSPS) is 13.4. The predicted octanol–water partition coefficient (Wildman–Crippen LogP) is 3.47. The van der Waals surface area contributed by atoms with Gasteiger partial charge in [-0.15, -0.1) is 0 Å². The molecule has 0 aliphatic carbocycles. The lowest BCUT2D eigenvalue weighted by Gasteiger charge is -2.16. The Labute approximate surface area is 148 Å². The lowest BCUT2D eigenvalue weighted by atomic mass is 10.1. The molecule has 0 radical (unpaired) electrons. The molecule has 2 unspecified atom stereocenters. The van der Waals surface area contributed by atoms with E-state index in [-0.39, 0.29) is 24.7 Å². The summed E-state index contributed by atoms with van der Waals surface area (Å²) in [5.41, 5.74) is 0.688. The average molecular weight is 346 g/mol. The highest BCUT2D eigenvalue weighted by atomic mass is 16.5. The maximum atomic E-state index is 12.0. The molecule has 6 nitrogen and oxygen atoms in total. The van der Waals surface area contributed by atoms with Crippen LogP contribution in [0.5, 0.6) is 5.75 Å². The molecule has 2 rings (SSSR count). The summed E-state index contributed by atoms with van der Waals surface area (Å²) < 4.78 is 11.1. The third kappa shape index (κ3) is 5.83. The molecule has 6 heteroatoms. The molecule has 0 fully saturated rings. The molecule has 25 heavy (non-hydrogen) atoms. The molecular weight excluding hydrogens is 320 g/mol.